The summed E-state index contributed by atoms with van der Waals surface area (Å²) in [5, 5.41) is 17.2. The molecule has 0 heterocycles. The van der Waals surface area contributed by atoms with Crippen molar-refractivity contribution in [2.24, 2.45) is 0 Å². The van der Waals surface area contributed by atoms with Crippen molar-refractivity contribution < 1.29 is 19.7 Å². The molecule has 4 nitrogen and oxygen atoms in total. The predicted octanol–water partition coefficient (Wildman–Crippen LogP) is 1.03. The first kappa shape index (κ1) is 12.4. The van der Waals surface area contributed by atoms with E-state index in [1.165, 1.54) is 0 Å². The van der Waals surface area contributed by atoms with Gasteiger partial charge in [0.25, 0.3) is 0 Å². The molecule has 2 N–H and O–H groups in total. The Bertz CT molecular complexity index is 136. The molecule has 1 unspecified atom stereocenters. The van der Waals surface area contributed by atoms with Crippen molar-refractivity contribution in [1.29, 1.82) is 0 Å². The maximum atomic E-state index is 10.2. The largest absolute Gasteiger partial charge is 0.479 e. The summed E-state index contributed by atoms with van der Waals surface area (Å²) in [7, 11) is 0. The number of aliphatic hydroxyl groups excluding tert-OH is 1. The third-order valence-corrected chi connectivity index (χ3v) is 1.65. The molecule has 0 saturated heterocycles. The molecule has 0 aliphatic carbocycles. The third kappa shape index (κ3) is 7.74. The van der Waals surface area contributed by atoms with Gasteiger partial charge in [0.1, 0.15) is 0 Å². The zero-order valence-electron chi connectivity index (χ0n) is 8.03. The predicted molar refractivity (Wildman–Crippen MR) is 48.6 cm³/mol. The number of rotatable bonds is 8. The summed E-state index contributed by atoms with van der Waals surface area (Å²) in [5.74, 6) is -1.14. The number of carboxylic acid groups (broad SMARTS) is 1. The zero-order chi connectivity index (χ0) is 10.1. The Balaban J connectivity index is 3.11. The Morgan fingerprint density at radius 1 is 1.38 bits per heavy atom. The molecule has 0 radical (unpaired) electrons. The molecule has 0 aromatic rings. The van der Waals surface area contributed by atoms with Crippen LogP contribution in [-0.2, 0) is 9.53 Å². The number of carboxylic acids is 1. The van der Waals surface area contributed by atoms with Crippen LogP contribution in [0.4, 0.5) is 0 Å². The van der Waals surface area contributed by atoms with Gasteiger partial charge in [0.05, 0.1) is 0 Å². The second-order valence-electron chi connectivity index (χ2n) is 2.96. The van der Waals surface area contributed by atoms with Crippen LogP contribution < -0.4 is 0 Å². The van der Waals surface area contributed by atoms with Gasteiger partial charge in [-0.2, -0.15) is 0 Å². The van der Waals surface area contributed by atoms with Crippen LogP contribution in [0.3, 0.4) is 0 Å². The summed E-state index contributed by atoms with van der Waals surface area (Å²) in [6, 6.07) is 0. The maximum absolute atomic E-state index is 10.2. The molecule has 0 rings (SSSR count). The molecule has 0 aliphatic heterocycles. The lowest BCUT2D eigenvalue weighted by molar-refractivity contribution is -0.147. The molecule has 1 atom stereocenters. The number of ether oxygens (including phenoxy) is 1. The highest BCUT2D eigenvalue weighted by Crippen LogP contribution is 2.01. The lowest BCUT2D eigenvalue weighted by Crippen LogP contribution is -2.19. The molecule has 0 saturated carbocycles. The van der Waals surface area contributed by atoms with Gasteiger partial charge in [0, 0.05) is 13.2 Å². The lowest BCUT2D eigenvalue weighted by atomic mass is 10.1. The fourth-order valence-corrected chi connectivity index (χ4v) is 0.912. The van der Waals surface area contributed by atoms with Gasteiger partial charge in [0.15, 0.2) is 6.10 Å². The zero-order valence-corrected chi connectivity index (χ0v) is 8.03. The lowest BCUT2D eigenvalue weighted by Gasteiger charge is -2.05. The van der Waals surface area contributed by atoms with E-state index in [4.69, 9.17) is 14.9 Å². The van der Waals surface area contributed by atoms with Crippen molar-refractivity contribution in [2.45, 2.75) is 38.7 Å². The summed E-state index contributed by atoms with van der Waals surface area (Å²) in [4.78, 5) is 10.2. The van der Waals surface area contributed by atoms with Gasteiger partial charge in [-0.25, -0.2) is 4.79 Å². The van der Waals surface area contributed by atoms with Crippen LogP contribution in [0.2, 0.25) is 0 Å². The number of unbranched alkanes of at least 4 members (excludes halogenated alkanes) is 1. The maximum Gasteiger partial charge on any atom is 0.332 e. The molecule has 4 heteroatoms. The Morgan fingerprint density at radius 3 is 2.62 bits per heavy atom. The molecule has 0 fully saturated rings. The number of aliphatic hydroxyl groups is 1. The van der Waals surface area contributed by atoms with Crippen molar-refractivity contribution >= 4 is 5.97 Å². The Hall–Kier alpha value is -0.610. The molecular formula is C9H18O4. The van der Waals surface area contributed by atoms with Crippen LogP contribution in [-0.4, -0.2) is 35.5 Å². The second-order valence-corrected chi connectivity index (χ2v) is 2.96. The Kier molecular flexibility index (Phi) is 7.63. The Labute approximate surface area is 78.5 Å². The van der Waals surface area contributed by atoms with Crippen LogP contribution in [0.1, 0.15) is 32.6 Å². The van der Waals surface area contributed by atoms with E-state index < -0.39 is 12.1 Å². The normalized spacial score (nSPS) is 12.8. The topological polar surface area (TPSA) is 66.8 Å². The van der Waals surface area contributed by atoms with E-state index in [0.717, 1.165) is 19.4 Å². The van der Waals surface area contributed by atoms with Crippen molar-refractivity contribution in [3.8, 4) is 0 Å². The highest BCUT2D eigenvalue weighted by molar-refractivity contribution is 5.71. The van der Waals surface area contributed by atoms with Gasteiger partial charge < -0.3 is 14.9 Å². The number of carbonyl (C=O) groups is 1. The standard InChI is InChI=1S/C9H18O4/c1-2-6-13-7-4-3-5-8(10)9(11)12/h8,10H,2-7H2,1H3,(H,11,12). The molecule has 13 heavy (non-hydrogen) atoms. The van der Waals surface area contributed by atoms with Crippen LogP contribution in [0, 0.1) is 0 Å². The third-order valence-electron chi connectivity index (χ3n) is 1.65. The Morgan fingerprint density at radius 2 is 2.08 bits per heavy atom. The SMILES string of the molecule is CCCOCCCCC(O)C(=O)O. The van der Waals surface area contributed by atoms with E-state index in [-0.39, 0.29) is 0 Å². The molecule has 0 aliphatic rings. The van der Waals surface area contributed by atoms with E-state index in [0.29, 0.717) is 19.4 Å². The number of hydrogen-bond donors (Lipinski definition) is 2. The molecule has 0 spiro atoms. The smallest absolute Gasteiger partial charge is 0.332 e. The molecule has 0 bridgehead atoms. The van der Waals surface area contributed by atoms with Crippen molar-refractivity contribution in [3.05, 3.63) is 0 Å². The van der Waals surface area contributed by atoms with Gasteiger partial charge in [0.2, 0.25) is 0 Å². The minimum Gasteiger partial charge on any atom is -0.479 e. The minimum absolute atomic E-state index is 0.310. The van der Waals surface area contributed by atoms with Crippen molar-refractivity contribution in [2.75, 3.05) is 13.2 Å². The monoisotopic (exact) mass is 190 g/mol. The van der Waals surface area contributed by atoms with E-state index in [1.54, 1.807) is 0 Å². The fourth-order valence-electron chi connectivity index (χ4n) is 0.912. The van der Waals surface area contributed by atoms with E-state index in [2.05, 4.69) is 0 Å². The first-order valence-corrected chi connectivity index (χ1v) is 4.67. The average Bonchev–Trinajstić information content (AvgIpc) is 2.10. The molecule has 0 aromatic heterocycles. The van der Waals surface area contributed by atoms with Crippen LogP contribution >= 0.6 is 0 Å². The van der Waals surface area contributed by atoms with Gasteiger partial charge in [-0.05, 0) is 25.7 Å². The van der Waals surface area contributed by atoms with Gasteiger partial charge in [-0.1, -0.05) is 6.92 Å². The summed E-state index contributed by atoms with van der Waals surface area (Å²) in [6.07, 6.45) is 1.59. The summed E-state index contributed by atoms with van der Waals surface area (Å²) < 4.78 is 5.20. The highest BCUT2D eigenvalue weighted by atomic mass is 16.5. The van der Waals surface area contributed by atoms with E-state index in [9.17, 15) is 4.79 Å². The minimum atomic E-state index is -1.22. The quantitative estimate of drug-likeness (QED) is 0.561. The second kappa shape index (κ2) is 8.01. The van der Waals surface area contributed by atoms with Crippen LogP contribution in [0.5, 0.6) is 0 Å². The molecule has 0 amide bonds. The average molecular weight is 190 g/mol. The molecule has 78 valence electrons. The summed E-state index contributed by atoms with van der Waals surface area (Å²) in [5.41, 5.74) is 0. The van der Waals surface area contributed by atoms with E-state index in [1.807, 2.05) is 6.92 Å². The molecular weight excluding hydrogens is 172 g/mol. The first-order chi connectivity index (χ1) is 6.18. The van der Waals surface area contributed by atoms with Crippen molar-refractivity contribution in [3.63, 3.8) is 0 Å². The van der Waals surface area contributed by atoms with E-state index >= 15 is 0 Å². The van der Waals surface area contributed by atoms with Crippen LogP contribution in [0.15, 0.2) is 0 Å². The number of aliphatic carboxylic acids is 1. The van der Waals surface area contributed by atoms with Crippen molar-refractivity contribution in [1.82, 2.24) is 0 Å². The first-order valence-electron chi connectivity index (χ1n) is 4.67. The summed E-state index contributed by atoms with van der Waals surface area (Å²) >= 11 is 0. The number of hydrogen-bond acceptors (Lipinski definition) is 3. The van der Waals surface area contributed by atoms with Gasteiger partial charge in [-0.3, -0.25) is 0 Å². The van der Waals surface area contributed by atoms with Crippen LogP contribution in [0.25, 0.3) is 0 Å². The summed E-state index contributed by atoms with van der Waals surface area (Å²) in [6.45, 7) is 3.44. The van der Waals surface area contributed by atoms with Gasteiger partial charge >= 0.3 is 5.97 Å². The highest BCUT2D eigenvalue weighted by Gasteiger charge is 2.11. The molecule has 0 aromatic carbocycles. The van der Waals surface area contributed by atoms with Gasteiger partial charge in [-0.15, -0.1) is 0 Å². The fraction of sp³-hybridized carbons (Fsp3) is 0.889.